The Balaban J connectivity index is 1.61. The van der Waals surface area contributed by atoms with Crippen molar-refractivity contribution >= 4 is 16.0 Å². The van der Waals surface area contributed by atoms with Gasteiger partial charge in [0.1, 0.15) is 29.0 Å². The molecular formula is C20H21FN4O5S. The summed E-state index contributed by atoms with van der Waals surface area (Å²) in [4.78, 5) is 3.98. The third kappa shape index (κ3) is 2.50. The second kappa shape index (κ2) is 6.62. The van der Waals surface area contributed by atoms with Crippen LogP contribution < -0.4 is 10.1 Å². The molecule has 2 saturated heterocycles. The van der Waals surface area contributed by atoms with Gasteiger partial charge in [-0.05, 0) is 30.3 Å². The molecule has 5 rings (SSSR count). The van der Waals surface area contributed by atoms with E-state index in [1.165, 1.54) is 38.6 Å². The zero-order valence-corrected chi connectivity index (χ0v) is 17.6. The molecule has 4 atom stereocenters. The Kier molecular flexibility index (Phi) is 4.30. The van der Waals surface area contributed by atoms with E-state index < -0.39 is 38.3 Å². The molecule has 1 aliphatic carbocycles. The van der Waals surface area contributed by atoms with Gasteiger partial charge in [-0.1, -0.05) is 0 Å². The molecule has 3 aliphatic rings. The van der Waals surface area contributed by atoms with E-state index in [1.807, 2.05) is 0 Å². The second-order valence-electron chi connectivity index (χ2n) is 7.87. The molecule has 1 spiro atoms. The molecule has 2 aliphatic heterocycles. The number of guanidine groups is 1. The predicted octanol–water partition coefficient (Wildman–Crippen LogP) is 1.56. The minimum atomic E-state index is -4.01. The van der Waals surface area contributed by atoms with E-state index >= 15 is 4.39 Å². The van der Waals surface area contributed by atoms with E-state index in [0.29, 0.717) is 11.5 Å². The molecule has 2 N–H and O–H groups in total. The molecule has 3 fully saturated rings. The number of nitrogens with zero attached hydrogens (tertiary/aromatic N) is 2. The number of fused-ring (bicyclic) bond motifs is 1. The summed E-state index contributed by atoms with van der Waals surface area (Å²) < 4.78 is 58.4. The fourth-order valence-electron chi connectivity index (χ4n) is 4.91. The predicted molar refractivity (Wildman–Crippen MR) is 108 cm³/mol. The topological polar surface area (TPSA) is 114 Å². The Bertz CT molecular complexity index is 1160. The van der Waals surface area contributed by atoms with E-state index in [9.17, 15) is 8.42 Å². The smallest absolute Gasteiger partial charge is 0.248 e. The van der Waals surface area contributed by atoms with Gasteiger partial charge in [0, 0.05) is 32.3 Å². The summed E-state index contributed by atoms with van der Waals surface area (Å²) in [5.74, 6) is -0.183. The first kappa shape index (κ1) is 20.2. The number of ether oxygens (including phenoxy) is 3. The standard InChI is InChI=1S/C20H21FN4O5S/c1-25-18(22)24-20(17-19(20,31(25,26)27)9-14(30-17)11-28-2)15-8-12(5-6-16(15)21)29-13-4-3-7-23-10-13/h3-8,10,14,17H,9,11H2,1-2H3,(H2,22,24)/t14-,17?,19+,20+/m1/s1. The number of sulfonamides is 1. The quantitative estimate of drug-likeness (QED) is 0.714. The summed E-state index contributed by atoms with van der Waals surface area (Å²) in [5, 5.41) is 11.1. The van der Waals surface area contributed by atoms with Crippen LogP contribution in [0.25, 0.3) is 0 Å². The number of pyridine rings is 1. The van der Waals surface area contributed by atoms with Crippen molar-refractivity contribution in [3.8, 4) is 11.5 Å². The average Bonchev–Trinajstić information content (AvgIpc) is 3.09. The summed E-state index contributed by atoms with van der Waals surface area (Å²) in [7, 11) is -1.20. The number of halogens is 1. The van der Waals surface area contributed by atoms with Gasteiger partial charge >= 0.3 is 0 Å². The van der Waals surface area contributed by atoms with Crippen LogP contribution in [-0.4, -0.2) is 61.4 Å². The van der Waals surface area contributed by atoms with Crippen molar-refractivity contribution in [1.29, 1.82) is 5.41 Å². The first-order valence-electron chi connectivity index (χ1n) is 9.65. The van der Waals surface area contributed by atoms with Crippen LogP contribution in [0.4, 0.5) is 4.39 Å². The number of methoxy groups -OCH3 is 1. The molecule has 3 heterocycles. The monoisotopic (exact) mass is 448 g/mol. The van der Waals surface area contributed by atoms with E-state index in [2.05, 4.69) is 10.3 Å². The summed E-state index contributed by atoms with van der Waals surface area (Å²) in [6.07, 6.45) is 1.91. The third-order valence-corrected chi connectivity index (χ3v) is 8.82. The fraction of sp³-hybridized carbons (Fsp3) is 0.400. The normalized spacial score (nSPS) is 32.7. The van der Waals surface area contributed by atoms with Gasteiger partial charge in [0.2, 0.25) is 16.0 Å². The van der Waals surface area contributed by atoms with Gasteiger partial charge in [-0.2, -0.15) is 0 Å². The molecule has 0 bridgehead atoms. The number of rotatable bonds is 5. The molecule has 1 saturated carbocycles. The average molecular weight is 448 g/mol. The van der Waals surface area contributed by atoms with Crippen LogP contribution in [0.1, 0.15) is 12.0 Å². The van der Waals surface area contributed by atoms with Crippen LogP contribution in [-0.2, 0) is 25.0 Å². The number of hydrogen-bond acceptors (Lipinski definition) is 7. The van der Waals surface area contributed by atoms with E-state index in [0.717, 1.165) is 4.31 Å². The molecule has 164 valence electrons. The van der Waals surface area contributed by atoms with Crippen LogP contribution in [0.3, 0.4) is 0 Å². The molecule has 31 heavy (non-hydrogen) atoms. The number of aromatic nitrogens is 1. The van der Waals surface area contributed by atoms with Crippen LogP contribution in [0.2, 0.25) is 0 Å². The lowest BCUT2D eigenvalue weighted by molar-refractivity contribution is -0.00230. The van der Waals surface area contributed by atoms with Gasteiger partial charge in [-0.25, -0.2) is 17.1 Å². The van der Waals surface area contributed by atoms with E-state index in [-0.39, 0.29) is 24.6 Å². The van der Waals surface area contributed by atoms with Crippen molar-refractivity contribution in [2.45, 2.75) is 28.9 Å². The van der Waals surface area contributed by atoms with Gasteiger partial charge in [-0.3, -0.25) is 10.4 Å². The van der Waals surface area contributed by atoms with Gasteiger partial charge in [-0.15, -0.1) is 0 Å². The Morgan fingerprint density at radius 2 is 2.19 bits per heavy atom. The zero-order valence-electron chi connectivity index (χ0n) is 16.8. The number of nitrogens with one attached hydrogen (secondary N) is 2. The van der Waals surface area contributed by atoms with Crippen molar-refractivity contribution in [3.05, 3.63) is 54.1 Å². The highest BCUT2D eigenvalue weighted by atomic mass is 32.2. The van der Waals surface area contributed by atoms with Crippen molar-refractivity contribution in [3.63, 3.8) is 0 Å². The largest absolute Gasteiger partial charge is 0.456 e. The van der Waals surface area contributed by atoms with Crippen LogP contribution in [0.5, 0.6) is 11.5 Å². The SMILES string of the molecule is COC[C@H]1C[C@]23C(O1)[C@]2(c1cc(Oc2cccnc2)ccc1F)NC(=N)N(C)S3(=O)=O. The van der Waals surface area contributed by atoms with E-state index in [1.54, 1.807) is 18.3 Å². The molecule has 11 heteroatoms. The molecule has 0 amide bonds. The lowest BCUT2D eigenvalue weighted by Gasteiger charge is -2.38. The number of benzene rings is 1. The Labute approximate surface area is 178 Å². The Hall–Kier alpha value is -2.76. The maximum Gasteiger partial charge on any atom is 0.248 e. The van der Waals surface area contributed by atoms with Crippen LogP contribution >= 0.6 is 0 Å². The van der Waals surface area contributed by atoms with Crippen molar-refractivity contribution in [2.75, 3.05) is 20.8 Å². The molecule has 1 aromatic carbocycles. The molecule has 1 unspecified atom stereocenters. The first-order valence-corrected chi connectivity index (χ1v) is 11.1. The zero-order chi connectivity index (χ0) is 22.0. The highest BCUT2D eigenvalue weighted by molar-refractivity contribution is 7.91. The van der Waals surface area contributed by atoms with E-state index in [4.69, 9.17) is 19.6 Å². The second-order valence-corrected chi connectivity index (χ2v) is 10.1. The molecule has 2 aromatic rings. The van der Waals surface area contributed by atoms with Gasteiger partial charge in [0.15, 0.2) is 4.75 Å². The van der Waals surface area contributed by atoms with Gasteiger partial charge in [0.05, 0.1) is 18.9 Å². The number of hydrogen-bond donors (Lipinski definition) is 2. The Morgan fingerprint density at radius 3 is 2.90 bits per heavy atom. The van der Waals surface area contributed by atoms with Crippen molar-refractivity contribution in [2.24, 2.45) is 0 Å². The minimum Gasteiger partial charge on any atom is -0.456 e. The van der Waals surface area contributed by atoms with Crippen LogP contribution in [0.15, 0.2) is 42.7 Å². The summed E-state index contributed by atoms with van der Waals surface area (Å²) in [6, 6.07) is 7.54. The van der Waals surface area contributed by atoms with Crippen LogP contribution in [0, 0.1) is 11.2 Å². The fourth-order valence-corrected chi connectivity index (χ4v) is 7.20. The maximum atomic E-state index is 15.1. The minimum absolute atomic E-state index is 0.0798. The summed E-state index contributed by atoms with van der Waals surface area (Å²) >= 11 is 0. The molecular weight excluding hydrogens is 427 g/mol. The summed E-state index contributed by atoms with van der Waals surface area (Å²) in [5.41, 5.74) is -1.35. The highest BCUT2D eigenvalue weighted by Crippen LogP contribution is 2.70. The lowest BCUT2D eigenvalue weighted by Crippen LogP contribution is -2.60. The van der Waals surface area contributed by atoms with Gasteiger partial charge < -0.3 is 19.5 Å². The molecule has 0 radical (unpaired) electrons. The van der Waals surface area contributed by atoms with Crippen molar-refractivity contribution < 1.29 is 27.0 Å². The van der Waals surface area contributed by atoms with Crippen molar-refractivity contribution in [1.82, 2.24) is 14.6 Å². The first-order chi connectivity index (χ1) is 14.8. The third-order valence-electron chi connectivity index (χ3n) is 6.30. The van der Waals surface area contributed by atoms with Gasteiger partial charge in [0.25, 0.3) is 0 Å². The molecule has 1 aromatic heterocycles. The Morgan fingerprint density at radius 1 is 1.39 bits per heavy atom. The molecule has 9 nitrogen and oxygen atoms in total. The summed E-state index contributed by atoms with van der Waals surface area (Å²) in [6.45, 7) is 0.220. The highest BCUT2D eigenvalue weighted by Gasteiger charge is 2.91. The maximum absolute atomic E-state index is 15.1. The lowest BCUT2D eigenvalue weighted by atomic mass is 9.97.